The maximum absolute atomic E-state index is 13.6. The number of carbonyl (C=O) groups excluding carboxylic acids is 1. The number of carbonyl (C=O) groups is 1. The van der Waals surface area contributed by atoms with E-state index in [1.165, 1.54) is 49.0 Å². The van der Waals surface area contributed by atoms with Crippen LogP contribution in [0.25, 0.3) is 11.1 Å². The number of hydrogen-bond donors (Lipinski definition) is 1. The van der Waals surface area contributed by atoms with Crippen molar-refractivity contribution in [1.82, 2.24) is 13.6 Å². The lowest BCUT2D eigenvalue weighted by atomic mass is 9.89. The number of aromatic nitrogens is 1. The van der Waals surface area contributed by atoms with Crippen molar-refractivity contribution in [3.8, 4) is 11.1 Å². The number of aryl methyl sites for hydroxylation is 1. The fourth-order valence-corrected chi connectivity index (χ4v) is 5.49. The molecular weight excluding hydrogens is 541 g/mol. The van der Waals surface area contributed by atoms with Gasteiger partial charge in [-0.15, -0.1) is 4.72 Å². The highest BCUT2D eigenvalue weighted by Gasteiger charge is 2.30. The average molecular weight is 576 g/mol. The average Bonchev–Trinajstić information content (AvgIpc) is 2.84. The summed E-state index contributed by atoms with van der Waals surface area (Å²) in [5.74, 6) is -1.19. The molecule has 0 fully saturated rings. The van der Waals surface area contributed by atoms with Crippen molar-refractivity contribution in [1.29, 1.82) is 0 Å². The molecule has 0 amide bonds. The summed E-state index contributed by atoms with van der Waals surface area (Å²) in [6.07, 6.45) is 1.58. The standard InChI is InChI=1S/C28H34FN3O5S2/c1-18(30-38(35)28(2,3)4)23-15-26(33)32(7)16-25(23)24-14-19(17-39(36,37)31(5)6)8-13-22(24)27(34)20-9-11-21(29)12-10-20/h8-16,18,30H,17H2,1-7H3/t18-,38?/m0/s1. The minimum atomic E-state index is -3.61. The van der Waals surface area contributed by atoms with E-state index in [4.69, 9.17) is 0 Å². The monoisotopic (exact) mass is 575 g/mol. The molecule has 0 aliphatic heterocycles. The van der Waals surface area contributed by atoms with Gasteiger partial charge in [-0.3, -0.25) is 9.59 Å². The molecule has 0 aliphatic rings. The second-order valence-corrected chi connectivity index (χ2v) is 14.7. The maximum Gasteiger partial charge on any atom is 0.250 e. The summed E-state index contributed by atoms with van der Waals surface area (Å²) in [5.41, 5.74) is 2.02. The van der Waals surface area contributed by atoms with E-state index < -0.39 is 43.8 Å². The Kier molecular flexibility index (Phi) is 9.24. The minimum Gasteiger partial charge on any atom is -0.598 e. The number of hydrogen-bond acceptors (Lipinski definition) is 6. The summed E-state index contributed by atoms with van der Waals surface area (Å²) >= 11 is -1.46. The van der Waals surface area contributed by atoms with E-state index in [-0.39, 0.29) is 22.4 Å². The second kappa shape index (κ2) is 11.7. The molecule has 0 radical (unpaired) electrons. The van der Waals surface area contributed by atoms with E-state index in [0.29, 0.717) is 22.3 Å². The first-order chi connectivity index (χ1) is 18.0. The van der Waals surface area contributed by atoms with Crippen molar-refractivity contribution < 1.29 is 22.2 Å². The first-order valence-corrected chi connectivity index (χ1v) is 15.0. The van der Waals surface area contributed by atoms with Crippen LogP contribution in [-0.4, -0.2) is 46.5 Å². The lowest BCUT2D eigenvalue weighted by molar-refractivity contribution is 0.103. The molecule has 0 saturated heterocycles. The van der Waals surface area contributed by atoms with Gasteiger partial charge in [0.2, 0.25) is 10.0 Å². The molecule has 1 unspecified atom stereocenters. The van der Waals surface area contributed by atoms with Gasteiger partial charge in [0.05, 0.1) is 11.8 Å². The Bertz CT molecular complexity index is 1530. The molecule has 39 heavy (non-hydrogen) atoms. The zero-order valence-corrected chi connectivity index (χ0v) is 24.7. The lowest BCUT2D eigenvalue weighted by Crippen LogP contribution is -2.41. The number of benzene rings is 2. The first kappa shape index (κ1) is 30.7. The van der Waals surface area contributed by atoms with Gasteiger partial charge in [-0.1, -0.05) is 12.1 Å². The SMILES string of the molecule is C[C@H](N[S+]([O-])C(C)(C)C)c1cc(=O)n(C)cc1-c1cc(CS(=O)(=O)N(C)C)ccc1C(=O)c1ccc(F)cc1. The largest absolute Gasteiger partial charge is 0.598 e. The fraction of sp³-hybridized carbons (Fsp3) is 0.357. The normalized spacial score (nSPS) is 13.9. The summed E-state index contributed by atoms with van der Waals surface area (Å²) in [6.45, 7) is 7.23. The van der Waals surface area contributed by atoms with Gasteiger partial charge in [-0.25, -0.2) is 17.1 Å². The van der Waals surface area contributed by atoms with Gasteiger partial charge in [0.15, 0.2) is 5.78 Å². The summed E-state index contributed by atoms with van der Waals surface area (Å²) < 4.78 is 56.7. The lowest BCUT2D eigenvalue weighted by Gasteiger charge is -2.27. The molecule has 8 nitrogen and oxygen atoms in total. The molecule has 3 rings (SSSR count). The van der Waals surface area contributed by atoms with E-state index in [2.05, 4.69) is 4.72 Å². The van der Waals surface area contributed by atoms with Crippen LogP contribution in [0.1, 0.15) is 60.8 Å². The molecule has 11 heteroatoms. The molecule has 1 aromatic heterocycles. The van der Waals surface area contributed by atoms with Crippen LogP contribution in [0.3, 0.4) is 0 Å². The third kappa shape index (κ3) is 7.23. The number of rotatable bonds is 9. The zero-order valence-electron chi connectivity index (χ0n) is 23.1. The van der Waals surface area contributed by atoms with Crippen LogP contribution in [0.2, 0.25) is 0 Å². The number of nitrogens with zero attached hydrogens (tertiary/aromatic N) is 2. The summed E-state index contributed by atoms with van der Waals surface area (Å²) in [6, 6.07) is 10.7. The molecule has 1 heterocycles. The highest BCUT2D eigenvalue weighted by atomic mass is 32.2. The van der Waals surface area contributed by atoms with Crippen LogP contribution >= 0.6 is 0 Å². The van der Waals surface area contributed by atoms with Crippen molar-refractivity contribution >= 4 is 27.2 Å². The van der Waals surface area contributed by atoms with Crippen LogP contribution in [0.15, 0.2) is 59.5 Å². The summed E-state index contributed by atoms with van der Waals surface area (Å²) in [4.78, 5) is 26.3. The zero-order chi connectivity index (χ0) is 29.3. The molecule has 0 spiro atoms. The maximum atomic E-state index is 13.6. The third-order valence-corrected chi connectivity index (χ3v) is 9.69. The van der Waals surface area contributed by atoms with Crippen molar-refractivity contribution in [3.05, 3.63) is 93.2 Å². The van der Waals surface area contributed by atoms with E-state index in [0.717, 1.165) is 4.31 Å². The third-order valence-electron chi connectivity index (χ3n) is 6.20. The Balaban J connectivity index is 2.27. The van der Waals surface area contributed by atoms with Crippen LogP contribution in [0.4, 0.5) is 4.39 Å². The topological polar surface area (TPSA) is 112 Å². The molecule has 210 valence electrons. The smallest absolute Gasteiger partial charge is 0.250 e. The number of nitrogens with one attached hydrogen (secondary N) is 1. The van der Waals surface area contributed by atoms with Crippen LogP contribution in [0, 0.1) is 5.82 Å². The molecule has 2 aromatic carbocycles. The Morgan fingerprint density at radius 2 is 1.72 bits per heavy atom. The molecule has 1 N–H and O–H groups in total. The Morgan fingerprint density at radius 3 is 2.28 bits per heavy atom. The van der Waals surface area contributed by atoms with Crippen LogP contribution < -0.4 is 10.3 Å². The fourth-order valence-electron chi connectivity index (χ4n) is 3.83. The van der Waals surface area contributed by atoms with Crippen molar-refractivity contribution in [2.75, 3.05) is 14.1 Å². The summed E-state index contributed by atoms with van der Waals surface area (Å²) in [5, 5.41) is 0. The summed E-state index contributed by atoms with van der Waals surface area (Å²) in [7, 11) is 0.839. The number of pyridine rings is 1. The number of halogens is 1. The molecule has 0 bridgehead atoms. The van der Waals surface area contributed by atoms with Crippen molar-refractivity contribution in [2.45, 2.75) is 44.2 Å². The minimum absolute atomic E-state index is 0.247. The van der Waals surface area contributed by atoms with Crippen LogP contribution in [0.5, 0.6) is 0 Å². The number of ketones is 1. The Morgan fingerprint density at radius 1 is 1.10 bits per heavy atom. The predicted octanol–water partition coefficient (Wildman–Crippen LogP) is 3.93. The van der Waals surface area contributed by atoms with Gasteiger partial charge in [-0.05, 0) is 74.7 Å². The highest BCUT2D eigenvalue weighted by molar-refractivity contribution is 7.90. The van der Waals surface area contributed by atoms with Gasteiger partial charge < -0.3 is 9.12 Å². The number of sulfonamides is 1. The Hall–Kier alpha value is -2.83. The van der Waals surface area contributed by atoms with Gasteiger partial charge in [0, 0.05) is 61.5 Å². The van der Waals surface area contributed by atoms with Gasteiger partial charge >= 0.3 is 0 Å². The quantitative estimate of drug-likeness (QED) is 0.306. The van der Waals surface area contributed by atoms with E-state index in [1.54, 1.807) is 38.4 Å². The predicted molar refractivity (Wildman–Crippen MR) is 153 cm³/mol. The van der Waals surface area contributed by atoms with E-state index >= 15 is 0 Å². The van der Waals surface area contributed by atoms with Gasteiger partial charge in [0.25, 0.3) is 5.56 Å². The first-order valence-electron chi connectivity index (χ1n) is 12.2. The van der Waals surface area contributed by atoms with E-state index in [1.807, 2.05) is 20.8 Å². The highest BCUT2D eigenvalue weighted by Crippen LogP contribution is 2.33. The molecule has 2 atom stereocenters. The van der Waals surface area contributed by atoms with Crippen LogP contribution in [-0.2, 0) is 34.2 Å². The molecular formula is C28H34FN3O5S2. The molecule has 0 aliphatic carbocycles. The molecule has 0 saturated carbocycles. The van der Waals surface area contributed by atoms with Crippen molar-refractivity contribution in [2.24, 2.45) is 7.05 Å². The van der Waals surface area contributed by atoms with Crippen molar-refractivity contribution in [3.63, 3.8) is 0 Å². The van der Waals surface area contributed by atoms with Gasteiger partial charge in [-0.2, -0.15) is 0 Å². The van der Waals surface area contributed by atoms with Gasteiger partial charge in [0.1, 0.15) is 10.6 Å². The Labute approximate surface area is 232 Å². The second-order valence-electron chi connectivity index (χ2n) is 10.6. The molecule has 3 aromatic rings. The van der Waals surface area contributed by atoms with E-state index in [9.17, 15) is 27.0 Å².